The molecule has 1 amide bonds. The summed E-state index contributed by atoms with van der Waals surface area (Å²) in [6, 6.07) is 9.57. The molecule has 1 fully saturated rings. The number of nitrogens with zero attached hydrogens (tertiary/aromatic N) is 3. The van der Waals surface area contributed by atoms with Crippen LogP contribution >= 0.6 is 34.0 Å². The largest absolute Gasteiger partial charge is 0.461 e. The number of ether oxygens (including phenoxy) is 1. The fourth-order valence-electron chi connectivity index (χ4n) is 3.97. The fourth-order valence-corrected chi connectivity index (χ4v) is 6.34. The van der Waals surface area contributed by atoms with Crippen LogP contribution in [0.5, 0.6) is 0 Å². The highest BCUT2D eigenvalue weighted by molar-refractivity contribution is 7.12. The third-order valence-corrected chi connectivity index (χ3v) is 8.48. The molecule has 1 aliphatic rings. The zero-order valence-corrected chi connectivity index (χ0v) is 21.5. The van der Waals surface area contributed by atoms with Gasteiger partial charge in [-0.25, -0.2) is 9.78 Å². The molecule has 5 rings (SSSR count). The molecule has 0 saturated carbocycles. The molecule has 0 aromatic carbocycles. The smallest absolute Gasteiger partial charge is 0.360 e. The van der Waals surface area contributed by atoms with Crippen LogP contribution in [0, 0.1) is 0 Å². The predicted molar refractivity (Wildman–Crippen MR) is 139 cm³/mol. The first-order valence-electron chi connectivity index (χ1n) is 11.3. The maximum Gasteiger partial charge on any atom is 0.360 e. The Morgan fingerprint density at radius 3 is 2.69 bits per heavy atom. The molecule has 0 unspecified atom stereocenters. The molecule has 10 heteroatoms. The minimum Gasteiger partial charge on any atom is -0.461 e. The molecule has 1 saturated heterocycles. The van der Waals surface area contributed by atoms with Crippen molar-refractivity contribution in [2.24, 2.45) is 0 Å². The summed E-state index contributed by atoms with van der Waals surface area (Å²) in [4.78, 5) is 34.1. The number of carbonyl (C=O) groups excluding carboxylic acids is 2. The molecule has 4 aromatic heterocycles. The van der Waals surface area contributed by atoms with Crippen LogP contribution in [0.4, 0.5) is 0 Å². The highest BCUT2D eigenvalue weighted by Gasteiger charge is 2.28. The van der Waals surface area contributed by atoms with Crippen LogP contribution in [-0.4, -0.2) is 46.6 Å². The lowest BCUT2D eigenvalue weighted by atomic mass is 9.96. The number of amides is 1. The molecule has 7 nitrogen and oxygen atoms in total. The summed E-state index contributed by atoms with van der Waals surface area (Å²) in [5.74, 6) is 0.288. The number of thiophene rings is 2. The van der Waals surface area contributed by atoms with Crippen molar-refractivity contribution in [3.63, 3.8) is 0 Å². The standard InChI is InChI=1S/C25H23N3O4S3/c1-2-31-25(30)19-14-21(32-27-19)20-15-35-23(26-20)16-7-9-28(10-8-16)24(29)18(22-6-4-12-34-22)13-17-5-3-11-33-17/h3-6,11-16H,2,7-10H2,1H3. The van der Waals surface area contributed by atoms with Gasteiger partial charge >= 0.3 is 5.97 Å². The second-order valence-electron chi connectivity index (χ2n) is 7.99. The van der Waals surface area contributed by atoms with Crippen LogP contribution in [0.2, 0.25) is 0 Å². The van der Waals surface area contributed by atoms with Gasteiger partial charge in [0.2, 0.25) is 0 Å². The van der Waals surface area contributed by atoms with Gasteiger partial charge in [-0.1, -0.05) is 17.3 Å². The van der Waals surface area contributed by atoms with Gasteiger partial charge in [0.15, 0.2) is 11.5 Å². The average molecular weight is 526 g/mol. The van der Waals surface area contributed by atoms with Gasteiger partial charge in [-0.2, -0.15) is 0 Å². The van der Waals surface area contributed by atoms with Crippen LogP contribution in [0.1, 0.15) is 50.9 Å². The van der Waals surface area contributed by atoms with Crippen molar-refractivity contribution in [1.82, 2.24) is 15.0 Å². The summed E-state index contributed by atoms with van der Waals surface area (Å²) < 4.78 is 10.3. The number of thiazole rings is 1. The molecular formula is C25H23N3O4S3. The average Bonchev–Trinajstić information content (AvgIpc) is 3.70. The number of hydrogen-bond donors (Lipinski definition) is 0. The van der Waals surface area contributed by atoms with E-state index in [1.165, 1.54) is 0 Å². The normalized spacial score (nSPS) is 14.9. The molecule has 0 atom stereocenters. The van der Waals surface area contributed by atoms with E-state index in [2.05, 4.69) is 5.16 Å². The Balaban J connectivity index is 1.25. The van der Waals surface area contributed by atoms with E-state index in [-0.39, 0.29) is 24.1 Å². The van der Waals surface area contributed by atoms with Crippen molar-refractivity contribution in [2.45, 2.75) is 25.7 Å². The minimum atomic E-state index is -0.509. The summed E-state index contributed by atoms with van der Waals surface area (Å²) in [5, 5.41) is 10.7. The van der Waals surface area contributed by atoms with Crippen molar-refractivity contribution < 1.29 is 18.8 Å². The molecule has 0 bridgehead atoms. The number of rotatable bonds is 7. The van der Waals surface area contributed by atoms with Gasteiger partial charge in [0, 0.05) is 40.2 Å². The third-order valence-electron chi connectivity index (χ3n) is 5.75. The predicted octanol–water partition coefficient (Wildman–Crippen LogP) is 6.04. The SMILES string of the molecule is CCOC(=O)c1cc(-c2csc(C3CCN(C(=O)C(=Cc4cccs4)c4cccs4)CC3)n2)on1. The van der Waals surface area contributed by atoms with Crippen molar-refractivity contribution in [2.75, 3.05) is 19.7 Å². The van der Waals surface area contributed by atoms with E-state index in [9.17, 15) is 9.59 Å². The van der Waals surface area contributed by atoms with Gasteiger partial charge in [0.1, 0.15) is 5.69 Å². The molecule has 4 aromatic rings. The third kappa shape index (κ3) is 5.29. The first kappa shape index (κ1) is 23.7. The van der Waals surface area contributed by atoms with E-state index >= 15 is 0 Å². The Hall–Kier alpha value is -3.08. The summed E-state index contributed by atoms with van der Waals surface area (Å²) in [5.41, 5.74) is 1.55. The highest BCUT2D eigenvalue weighted by Crippen LogP contribution is 2.35. The quantitative estimate of drug-likeness (QED) is 0.216. The number of likely N-dealkylation sites (tertiary alicyclic amines) is 1. The van der Waals surface area contributed by atoms with Gasteiger partial charge in [0.05, 0.1) is 17.2 Å². The van der Waals surface area contributed by atoms with Crippen molar-refractivity contribution in [3.05, 3.63) is 66.9 Å². The second-order valence-corrected chi connectivity index (χ2v) is 10.8. The number of piperidine rings is 1. The Morgan fingerprint density at radius 1 is 1.17 bits per heavy atom. The molecule has 1 aliphatic heterocycles. The van der Waals surface area contributed by atoms with Gasteiger partial charge in [-0.3, -0.25) is 4.79 Å². The van der Waals surface area contributed by atoms with Crippen molar-refractivity contribution >= 4 is 57.5 Å². The number of hydrogen-bond acceptors (Lipinski definition) is 9. The van der Waals surface area contributed by atoms with Crippen LogP contribution in [-0.2, 0) is 9.53 Å². The first-order chi connectivity index (χ1) is 17.1. The Labute approximate surface area is 214 Å². The lowest BCUT2D eigenvalue weighted by Crippen LogP contribution is -2.38. The molecule has 0 radical (unpaired) electrons. The molecule has 5 heterocycles. The van der Waals surface area contributed by atoms with E-state index in [1.807, 2.05) is 51.4 Å². The summed E-state index contributed by atoms with van der Waals surface area (Å²) in [6.45, 7) is 3.39. The lowest BCUT2D eigenvalue weighted by molar-refractivity contribution is -0.125. The van der Waals surface area contributed by atoms with E-state index in [0.717, 1.165) is 33.2 Å². The molecule has 0 aliphatic carbocycles. The van der Waals surface area contributed by atoms with E-state index in [0.29, 0.717) is 24.5 Å². The van der Waals surface area contributed by atoms with Gasteiger partial charge < -0.3 is 14.2 Å². The molecule has 0 spiro atoms. The van der Waals surface area contributed by atoms with Crippen molar-refractivity contribution in [3.8, 4) is 11.5 Å². The minimum absolute atomic E-state index is 0.0762. The Kier molecular flexibility index (Phi) is 7.21. The topological polar surface area (TPSA) is 85.5 Å². The fraction of sp³-hybridized carbons (Fsp3) is 0.280. The van der Waals surface area contributed by atoms with Crippen LogP contribution in [0.3, 0.4) is 0 Å². The molecule has 35 heavy (non-hydrogen) atoms. The number of esters is 1. The van der Waals surface area contributed by atoms with Crippen LogP contribution in [0.25, 0.3) is 23.1 Å². The van der Waals surface area contributed by atoms with Crippen LogP contribution in [0.15, 0.2) is 51.0 Å². The summed E-state index contributed by atoms with van der Waals surface area (Å²) in [6.07, 6.45) is 3.69. The van der Waals surface area contributed by atoms with E-state index < -0.39 is 5.97 Å². The Bertz CT molecular complexity index is 1310. The van der Waals surface area contributed by atoms with Gasteiger partial charge in [0.25, 0.3) is 5.91 Å². The Morgan fingerprint density at radius 2 is 1.97 bits per heavy atom. The van der Waals surface area contributed by atoms with Gasteiger partial charge in [-0.05, 0) is 48.7 Å². The number of aromatic nitrogens is 2. The molecular weight excluding hydrogens is 502 g/mol. The molecule has 0 N–H and O–H groups in total. The monoisotopic (exact) mass is 525 g/mol. The summed E-state index contributed by atoms with van der Waals surface area (Å²) >= 11 is 4.78. The highest BCUT2D eigenvalue weighted by atomic mass is 32.1. The number of carbonyl (C=O) groups is 2. The van der Waals surface area contributed by atoms with Crippen LogP contribution < -0.4 is 0 Å². The zero-order valence-electron chi connectivity index (χ0n) is 19.0. The van der Waals surface area contributed by atoms with Crippen molar-refractivity contribution in [1.29, 1.82) is 0 Å². The summed E-state index contributed by atoms with van der Waals surface area (Å²) in [7, 11) is 0. The first-order valence-corrected chi connectivity index (χ1v) is 13.9. The molecule has 180 valence electrons. The zero-order chi connectivity index (χ0) is 24.2. The maximum absolute atomic E-state index is 13.5. The van der Waals surface area contributed by atoms with Gasteiger partial charge in [-0.15, -0.1) is 34.0 Å². The van der Waals surface area contributed by atoms with E-state index in [4.69, 9.17) is 14.2 Å². The second kappa shape index (κ2) is 10.7. The van der Waals surface area contributed by atoms with E-state index in [1.54, 1.807) is 47.0 Å². The maximum atomic E-state index is 13.5. The lowest BCUT2D eigenvalue weighted by Gasteiger charge is -2.31.